The van der Waals surface area contributed by atoms with Gasteiger partial charge in [0.15, 0.2) is 0 Å². The Morgan fingerprint density at radius 3 is 2.85 bits per heavy atom. The molecule has 0 aromatic carbocycles. The molecule has 72 valence electrons. The fraction of sp³-hybridized carbons (Fsp3) is 0.700. The van der Waals surface area contributed by atoms with Crippen molar-refractivity contribution in [3.63, 3.8) is 0 Å². The van der Waals surface area contributed by atoms with Crippen LogP contribution in [0.25, 0.3) is 0 Å². The summed E-state index contributed by atoms with van der Waals surface area (Å²) in [6, 6.07) is 0. The van der Waals surface area contributed by atoms with Gasteiger partial charge in [-0.2, -0.15) is 0 Å². The summed E-state index contributed by atoms with van der Waals surface area (Å²) in [5.74, 6) is 0. The van der Waals surface area contributed by atoms with Crippen LogP contribution in [-0.2, 0) is 9.47 Å². The van der Waals surface area contributed by atoms with Crippen molar-refractivity contribution in [3.05, 3.63) is 12.2 Å². The topological polar surface area (TPSA) is 42.3 Å². The smallest absolute Gasteiger partial charge is 0.103 e. The summed E-state index contributed by atoms with van der Waals surface area (Å²) in [6.07, 6.45) is 7.34. The van der Waals surface area contributed by atoms with E-state index in [0.717, 1.165) is 0 Å². The van der Waals surface area contributed by atoms with Gasteiger partial charge in [-0.3, -0.25) is 0 Å². The van der Waals surface area contributed by atoms with Crippen LogP contribution in [-0.4, -0.2) is 31.1 Å². The summed E-state index contributed by atoms with van der Waals surface area (Å²) >= 11 is 0. The van der Waals surface area contributed by atoms with Gasteiger partial charge in [0, 0.05) is 19.2 Å². The van der Waals surface area contributed by atoms with E-state index >= 15 is 0 Å². The molecule has 0 bridgehead atoms. The lowest BCUT2D eigenvalue weighted by Gasteiger charge is -2.26. The van der Waals surface area contributed by atoms with Crippen molar-refractivity contribution < 1.29 is 9.47 Å². The highest BCUT2D eigenvalue weighted by Gasteiger charge is 2.31. The molecule has 0 aromatic heterocycles. The van der Waals surface area contributed by atoms with E-state index in [-0.39, 0.29) is 12.2 Å². The quantitative estimate of drug-likeness (QED) is 0.717. The van der Waals surface area contributed by atoms with Gasteiger partial charge >= 0.3 is 0 Å². The van der Waals surface area contributed by atoms with Crippen molar-refractivity contribution in [3.8, 4) is 0 Å². The van der Waals surface area contributed by atoms with Crippen LogP contribution in [0.1, 0.15) is 19.3 Å². The molecule has 0 radical (unpaired) electrons. The SMILES string of the molecule is COC1CC(=N)C=CC1OC1CC1. The van der Waals surface area contributed by atoms with Crippen molar-refractivity contribution in [1.82, 2.24) is 0 Å². The number of hydrogen-bond acceptors (Lipinski definition) is 3. The molecule has 2 atom stereocenters. The maximum absolute atomic E-state index is 7.49. The summed E-state index contributed by atoms with van der Waals surface area (Å²) < 4.78 is 11.0. The van der Waals surface area contributed by atoms with Gasteiger partial charge in [0.1, 0.15) is 6.10 Å². The van der Waals surface area contributed by atoms with Gasteiger partial charge in [0.2, 0.25) is 0 Å². The summed E-state index contributed by atoms with van der Waals surface area (Å²) in [7, 11) is 1.68. The molecule has 13 heavy (non-hydrogen) atoms. The van der Waals surface area contributed by atoms with Crippen LogP contribution in [0.2, 0.25) is 0 Å². The maximum atomic E-state index is 7.49. The van der Waals surface area contributed by atoms with Gasteiger partial charge in [-0.05, 0) is 18.9 Å². The maximum Gasteiger partial charge on any atom is 0.103 e. The largest absolute Gasteiger partial charge is 0.378 e. The average molecular weight is 181 g/mol. The third kappa shape index (κ3) is 2.17. The Morgan fingerprint density at radius 1 is 1.46 bits per heavy atom. The number of nitrogens with one attached hydrogen (secondary N) is 1. The molecule has 0 aliphatic heterocycles. The number of ether oxygens (including phenoxy) is 2. The first-order valence-electron chi connectivity index (χ1n) is 4.73. The number of rotatable bonds is 3. The lowest BCUT2D eigenvalue weighted by atomic mass is 10.00. The van der Waals surface area contributed by atoms with Gasteiger partial charge in [0.25, 0.3) is 0 Å². The van der Waals surface area contributed by atoms with E-state index in [1.54, 1.807) is 7.11 Å². The Kier molecular flexibility index (Phi) is 2.47. The molecule has 0 heterocycles. The molecule has 2 rings (SSSR count). The Labute approximate surface area is 78.2 Å². The average Bonchev–Trinajstić information content (AvgIpc) is 2.92. The van der Waals surface area contributed by atoms with Crippen molar-refractivity contribution in [1.29, 1.82) is 5.41 Å². The Bertz CT molecular complexity index is 233. The number of methoxy groups -OCH3 is 1. The first kappa shape index (κ1) is 8.91. The highest BCUT2D eigenvalue weighted by molar-refractivity contribution is 5.93. The molecule has 2 unspecified atom stereocenters. The van der Waals surface area contributed by atoms with Crippen molar-refractivity contribution in [2.45, 2.75) is 37.6 Å². The molecule has 3 nitrogen and oxygen atoms in total. The van der Waals surface area contributed by atoms with Gasteiger partial charge in [-0.15, -0.1) is 0 Å². The third-order valence-corrected chi connectivity index (χ3v) is 2.45. The molecule has 0 saturated heterocycles. The summed E-state index contributed by atoms with van der Waals surface area (Å²) in [5.41, 5.74) is 0.627. The zero-order valence-corrected chi connectivity index (χ0v) is 7.82. The van der Waals surface area contributed by atoms with Crippen LogP contribution >= 0.6 is 0 Å². The van der Waals surface area contributed by atoms with Crippen molar-refractivity contribution >= 4 is 5.71 Å². The second kappa shape index (κ2) is 3.60. The molecule has 2 aliphatic rings. The molecule has 1 N–H and O–H groups in total. The van der Waals surface area contributed by atoms with E-state index in [1.165, 1.54) is 12.8 Å². The van der Waals surface area contributed by atoms with Gasteiger partial charge < -0.3 is 14.9 Å². The summed E-state index contributed by atoms with van der Waals surface area (Å²) in [5, 5.41) is 7.49. The second-order valence-corrected chi connectivity index (χ2v) is 3.66. The van der Waals surface area contributed by atoms with E-state index in [1.807, 2.05) is 12.2 Å². The monoisotopic (exact) mass is 181 g/mol. The molecular weight excluding hydrogens is 166 g/mol. The van der Waals surface area contributed by atoms with Crippen LogP contribution < -0.4 is 0 Å². The van der Waals surface area contributed by atoms with Crippen LogP contribution in [0.5, 0.6) is 0 Å². The van der Waals surface area contributed by atoms with Crippen molar-refractivity contribution in [2.24, 2.45) is 0 Å². The lowest BCUT2D eigenvalue weighted by molar-refractivity contribution is -0.0373. The summed E-state index contributed by atoms with van der Waals surface area (Å²) in [4.78, 5) is 0. The molecule has 1 saturated carbocycles. The highest BCUT2D eigenvalue weighted by Crippen LogP contribution is 2.28. The predicted octanol–water partition coefficient (Wildman–Crippen LogP) is 1.53. The minimum Gasteiger partial charge on any atom is -0.378 e. The van der Waals surface area contributed by atoms with E-state index in [0.29, 0.717) is 18.2 Å². The molecular formula is C10H15NO2. The first-order chi connectivity index (χ1) is 6.29. The zero-order valence-electron chi connectivity index (χ0n) is 7.82. The van der Waals surface area contributed by atoms with Crippen molar-refractivity contribution in [2.75, 3.05) is 7.11 Å². The number of allylic oxidation sites excluding steroid dienone is 1. The van der Waals surface area contributed by atoms with E-state index in [9.17, 15) is 0 Å². The fourth-order valence-corrected chi connectivity index (χ4v) is 1.51. The van der Waals surface area contributed by atoms with Crippen LogP contribution in [0.4, 0.5) is 0 Å². The lowest BCUT2D eigenvalue weighted by Crippen LogP contribution is -2.34. The van der Waals surface area contributed by atoms with E-state index in [2.05, 4.69) is 0 Å². The van der Waals surface area contributed by atoms with Crippen LogP contribution in [0, 0.1) is 5.41 Å². The third-order valence-electron chi connectivity index (χ3n) is 2.45. The molecule has 0 spiro atoms. The summed E-state index contributed by atoms with van der Waals surface area (Å²) in [6.45, 7) is 0. The minimum atomic E-state index is 0.0399. The van der Waals surface area contributed by atoms with Gasteiger partial charge in [0.05, 0.1) is 12.2 Å². The van der Waals surface area contributed by atoms with E-state index < -0.39 is 0 Å². The molecule has 0 aromatic rings. The number of hydrogen-bond donors (Lipinski definition) is 1. The highest BCUT2D eigenvalue weighted by atomic mass is 16.5. The molecule has 0 amide bonds. The predicted molar refractivity (Wildman–Crippen MR) is 50.2 cm³/mol. The molecule has 2 aliphatic carbocycles. The molecule has 1 fully saturated rings. The Hall–Kier alpha value is -0.670. The van der Waals surface area contributed by atoms with Crippen LogP contribution in [0.15, 0.2) is 12.2 Å². The normalized spacial score (nSPS) is 33.8. The van der Waals surface area contributed by atoms with E-state index in [4.69, 9.17) is 14.9 Å². The van der Waals surface area contributed by atoms with Gasteiger partial charge in [-0.1, -0.05) is 6.08 Å². The minimum absolute atomic E-state index is 0.0399. The van der Waals surface area contributed by atoms with Crippen LogP contribution in [0.3, 0.4) is 0 Å². The standard InChI is InChI=1S/C10H15NO2/c1-12-10-6-7(11)2-5-9(10)13-8-3-4-8/h2,5,8-11H,3-4,6H2,1H3. The Morgan fingerprint density at radius 2 is 2.23 bits per heavy atom. The molecule has 3 heteroatoms. The van der Waals surface area contributed by atoms with Gasteiger partial charge in [-0.25, -0.2) is 0 Å². The second-order valence-electron chi connectivity index (χ2n) is 3.66. The fourth-order valence-electron chi connectivity index (χ4n) is 1.51. The zero-order chi connectivity index (χ0) is 9.26. The first-order valence-corrected chi connectivity index (χ1v) is 4.73. The Balaban J connectivity index is 1.97.